The first-order chi connectivity index (χ1) is 9.08. The van der Waals surface area contributed by atoms with Gasteiger partial charge in [0.1, 0.15) is 5.82 Å². The van der Waals surface area contributed by atoms with Crippen LogP contribution >= 0.6 is 11.6 Å². The minimum absolute atomic E-state index is 0.0530. The molecule has 2 atom stereocenters. The Morgan fingerprint density at radius 1 is 1.63 bits per heavy atom. The first-order valence-electron chi connectivity index (χ1n) is 6.42. The summed E-state index contributed by atoms with van der Waals surface area (Å²) in [6, 6.07) is 4.34. The second kappa shape index (κ2) is 6.35. The van der Waals surface area contributed by atoms with Crippen LogP contribution in [0.2, 0.25) is 5.02 Å². The van der Waals surface area contributed by atoms with Gasteiger partial charge in [-0.25, -0.2) is 4.39 Å². The Bertz CT molecular complexity index is 441. The van der Waals surface area contributed by atoms with E-state index in [2.05, 4.69) is 5.32 Å². The van der Waals surface area contributed by atoms with Crippen LogP contribution in [0.3, 0.4) is 0 Å². The van der Waals surface area contributed by atoms with E-state index in [1.807, 2.05) is 6.92 Å². The van der Waals surface area contributed by atoms with Gasteiger partial charge in [-0.3, -0.25) is 4.79 Å². The number of rotatable bonds is 4. The van der Waals surface area contributed by atoms with Crippen molar-refractivity contribution >= 4 is 17.5 Å². The lowest BCUT2D eigenvalue weighted by atomic mass is 10.1. The number of halogens is 2. The molecule has 1 aromatic rings. The maximum absolute atomic E-state index is 13.6. The summed E-state index contributed by atoms with van der Waals surface area (Å²) < 4.78 is 19.1. The topological polar surface area (TPSA) is 38.3 Å². The number of ether oxygens (including phenoxy) is 1. The summed E-state index contributed by atoms with van der Waals surface area (Å²) >= 11 is 5.89. The zero-order chi connectivity index (χ0) is 13.8. The molecule has 1 heterocycles. The maximum Gasteiger partial charge on any atom is 0.224 e. The fraction of sp³-hybridized carbons (Fsp3) is 0.500. The molecule has 0 radical (unpaired) electrons. The van der Waals surface area contributed by atoms with Gasteiger partial charge in [-0.05, 0) is 31.9 Å². The quantitative estimate of drug-likeness (QED) is 0.924. The smallest absolute Gasteiger partial charge is 0.224 e. The van der Waals surface area contributed by atoms with E-state index in [0.717, 1.165) is 19.4 Å². The zero-order valence-corrected chi connectivity index (χ0v) is 11.5. The van der Waals surface area contributed by atoms with Crippen molar-refractivity contribution < 1.29 is 13.9 Å². The number of amides is 1. The standard InChI is InChI=1S/C14H17ClFNO2/c1-9(13-6-3-7-19-13)17-14(18)8-10-11(15)4-2-5-12(10)16/h2,4-5,9,13H,3,6-8H2,1H3,(H,17,18)/t9-,13+/m0/s1. The maximum atomic E-state index is 13.6. The highest BCUT2D eigenvalue weighted by Gasteiger charge is 2.24. The Morgan fingerprint density at radius 2 is 2.42 bits per heavy atom. The fourth-order valence-electron chi connectivity index (χ4n) is 2.26. The molecule has 0 unspecified atom stereocenters. The predicted molar refractivity (Wildman–Crippen MR) is 71.7 cm³/mol. The van der Waals surface area contributed by atoms with Gasteiger partial charge in [-0.1, -0.05) is 17.7 Å². The average molecular weight is 286 g/mol. The van der Waals surface area contributed by atoms with Gasteiger partial charge in [0, 0.05) is 17.2 Å². The number of carbonyl (C=O) groups excluding carboxylic acids is 1. The molecule has 1 N–H and O–H groups in total. The molecule has 1 saturated heterocycles. The van der Waals surface area contributed by atoms with E-state index in [-0.39, 0.29) is 35.1 Å². The molecule has 1 fully saturated rings. The third-order valence-corrected chi connectivity index (χ3v) is 3.66. The van der Waals surface area contributed by atoms with Gasteiger partial charge < -0.3 is 10.1 Å². The van der Waals surface area contributed by atoms with E-state index in [1.54, 1.807) is 6.07 Å². The lowest BCUT2D eigenvalue weighted by Gasteiger charge is -2.20. The number of carbonyl (C=O) groups is 1. The van der Waals surface area contributed by atoms with Crippen molar-refractivity contribution in [2.45, 2.75) is 38.3 Å². The van der Waals surface area contributed by atoms with E-state index in [4.69, 9.17) is 16.3 Å². The largest absolute Gasteiger partial charge is 0.376 e. The molecule has 1 aliphatic heterocycles. The third-order valence-electron chi connectivity index (χ3n) is 3.31. The van der Waals surface area contributed by atoms with Crippen molar-refractivity contribution in [1.29, 1.82) is 0 Å². The summed E-state index contributed by atoms with van der Waals surface area (Å²) in [4.78, 5) is 11.9. The van der Waals surface area contributed by atoms with Crippen molar-refractivity contribution in [2.24, 2.45) is 0 Å². The number of hydrogen-bond acceptors (Lipinski definition) is 2. The van der Waals surface area contributed by atoms with Crippen LogP contribution < -0.4 is 5.32 Å². The predicted octanol–water partition coefficient (Wildman–Crippen LogP) is 2.71. The molecule has 1 aliphatic rings. The van der Waals surface area contributed by atoms with Gasteiger partial charge in [0.15, 0.2) is 0 Å². The van der Waals surface area contributed by atoms with Crippen LogP contribution in [-0.4, -0.2) is 24.7 Å². The highest BCUT2D eigenvalue weighted by atomic mass is 35.5. The molecule has 0 saturated carbocycles. The van der Waals surface area contributed by atoms with Crippen LogP contribution in [-0.2, 0) is 16.0 Å². The summed E-state index contributed by atoms with van der Waals surface area (Å²) in [6.45, 7) is 2.64. The monoisotopic (exact) mass is 285 g/mol. The SMILES string of the molecule is C[C@H](NC(=O)Cc1c(F)cccc1Cl)[C@H]1CCCO1. The molecule has 19 heavy (non-hydrogen) atoms. The van der Waals surface area contributed by atoms with Crippen molar-refractivity contribution in [3.63, 3.8) is 0 Å². The number of nitrogens with one attached hydrogen (secondary N) is 1. The summed E-state index contributed by atoms with van der Waals surface area (Å²) in [7, 11) is 0. The van der Waals surface area contributed by atoms with Crippen molar-refractivity contribution in [1.82, 2.24) is 5.32 Å². The molecule has 1 amide bonds. The van der Waals surface area contributed by atoms with Crippen LogP contribution in [0.1, 0.15) is 25.3 Å². The molecular formula is C14H17ClFNO2. The van der Waals surface area contributed by atoms with Crippen molar-refractivity contribution in [3.05, 3.63) is 34.6 Å². The van der Waals surface area contributed by atoms with E-state index in [9.17, 15) is 9.18 Å². The third kappa shape index (κ3) is 3.67. The Balaban J connectivity index is 1.93. The second-order valence-corrected chi connectivity index (χ2v) is 5.19. The molecule has 0 spiro atoms. The van der Waals surface area contributed by atoms with Crippen LogP contribution in [0.15, 0.2) is 18.2 Å². The van der Waals surface area contributed by atoms with Crippen LogP contribution in [0.5, 0.6) is 0 Å². The average Bonchev–Trinajstić information content (AvgIpc) is 2.88. The highest BCUT2D eigenvalue weighted by molar-refractivity contribution is 6.31. The molecule has 0 bridgehead atoms. The van der Waals surface area contributed by atoms with E-state index in [1.165, 1.54) is 12.1 Å². The molecule has 1 aromatic carbocycles. The van der Waals surface area contributed by atoms with E-state index < -0.39 is 5.82 Å². The van der Waals surface area contributed by atoms with Gasteiger partial charge in [-0.15, -0.1) is 0 Å². The Labute approximate surface area is 117 Å². The Kier molecular flexibility index (Phi) is 4.77. The van der Waals surface area contributed by atoms with Crippen molar-refractivity contribution in [3.8, 4) is 0 Å². The molecule has 2 rings (SSSR count). The van der Waals surface area contributed by atoms with E-state index >= 15 is 0 Å². The Hall–Kier alpha value is -1.13. The first kappa shape index (κ1) is 14.3. The number of hydrogen-bond donors (Lipinski definition) is 1. The molecule has 5 heteroatoms. The van der Waals surface area contributed by atoms with Crippen LogP contribution in [0.25, 0.3) is 0 Å². The molecular weight excluding hydrogens is 269 g/mol. The van der Waals surface area contributed by atoms with Gasteiger partial charge in [0.2, 0.25) is 5.91 Å². The normalized spacial score (nSPS) is 20.3. The van der Waals surface area contributed by atoms with Crippen LogP contribution in [0, 0.1) is 5.82 Å². The molecule has 0 aliphatic carbocycles. The molecule has 104 valence electrons. The number of benzene rings is 1. The minimum Gasteiger partial charge on any atom is -0.376 e. The highest BCUT2D eigenvalue weighted by Crippen LogP contribution is 2.20. The van der Waals surface area contributed by atoms with Crippen LogP contribution in [0.4, 0.5) is 4.39 Å². The van der Waals surface area contributed by atoms with Gasteiger partial charge >= 0.3 is 0 Å². The Morgan fingerprint density at radius 3 is 3.05 bits per heavy atom. The lowest BCUT2D eigenvalue weighted by molar-refractivity contribution is -0.121. The minimum atomic E-state index is -0.451. The van der Waals surface area contributed by atoms with Gasteiger partial charge in [0.25, 0.3) is 0 Å². The van der Waals surface area contributed by atoms with E-state index in [0.29, 0.717) is 0 Å². The fourth-order valence-corrected chi connectivity index (χ4v) is 2.49. The zero-order valence-electron chi connectivity index (χ0n) is 10.8. The van der Waals surface area contributed by atoms with Crippen molar-refractivity contribution in [2.75, 3.05) is 6.61 Å². The summed E-state index contributed by atoms with van der Waals surface area (Å²) in [5, 5.41) is 3.11. The summed E-state index contributed by atoms with van der Waals surface area (Å²) in [5.74, 6) is -0.692. The molecule has 3 nitrogen and oxygen atoms in total. The molecule has 0 aromatic heterocycles. The first-order valence-corrected chi connectivity index (χ1v) is 6.79. The summed E-state index contributed by atoms with van der Waals surface area (Å²) in [6.07, 6.45) is 1.97. The second-order valence-electron chi connectivity index (χ2n) is 4.78. The summed E-state index contributed by atoms with van der Waals surface area (Å²) in [5.41, 5.74) is 0.237. The lowest BCUT2D eigenvalue weighted by Crippen LogP contribution is -2.41. The van der Waals surface area contributed by atoms with Gasteiger partial charge in [-0.2, -0.15) is 0 Å². The van der Waals surface area contributed by atoms with Gasteiger partial charge in [0.05, 0.1) is 18.6 Å².